The Hall–Kier alpha value is -3.53. The summed E-state index contributed by atoms with van der Waals surface area (Å²) in [6, 6.07) is 26.9. The van der Waals surface area contributed by atoms with Crippen LogP contribution >= 0.6 is 0 Å². The van der Waals surface area contributed by atoms with Crippen LogP contribution in [0.3, 0.4) is 0 Å². The van der Waals surface area contributed by atoms with Crippen molar-refractivity contribution in [3.63, 3.8) is 0 Å². The number of pyridine rings is 1. The summed E-state index contributed by atoms with van der Waals surface area (Å²) in [5.41, 5.74) is 7.17. The average molecular weight is 350 g/mol. The highest BCUT2D eigenvalue weighted by Crippen LogP contribution is 2.31. The second kappa shape index (κ2) is 6.32. The van der Waals surface area contributed by atoms with Crippen molar-refractivity contribution >= 4 is 21.9 Å². The summed E-state index contributed by atoms with van der Waals surface area (Å²) in [6.45, 7) is 2.77. The fourth-order valence-electron chi connectivity index (χ4n) is 3.54. The molecule has 2 aromatic heterocycles. The summed E-state index contributed by atoms with van der Waals surface area (Å²) in [5.74, 6) is 0. The molecule has 2 heterocycles. The van der Waals surface area contributed by atoms with Gasteiger partial charge in [0.05, 0.1) is 12.1 Å². The summed E-state index contributed by atoms with van der Waals surface area (Å²) < 4.78 is 1.98. The first-order valence-electron chi connectivity index (χ1n) is 9.02. The summed E-state index contributed by atoms with van der Waals surface area (Å²) >= 11 is 0. The lowest BCUT2D eigenvalue weighted by Gasteiger charge is -2.08. The van der Waals surface area contributed by atoms with Crippen LogP contribution in [-0.4, -0.2) is 20.0 Å². The molecule has 0 fully saturated rings. The minimum absolute atomic E-state index is 0.679. The number of aryl methyl sites for hydroxylation is 1. The summed E-state index contributed by atoms with van der Waals surface area (Å²) in [4.78, 5) is 4.92. The summed E-state index contributed by atoms with van der Waals surface area (Å²) in [5, 5.41) is 10.1. The van der Waals surface area contributed by atoms with Crippen LogP contribution in [0, 0.1) is 6.92 Å². The number of hydrogen-bond acceptors (Lipinski definition) is 3. The topological polar surface area (TPSA) is 43.6 Å². The van der Waals surface area contributed by atoms with Gasteiger partial charge in [-0.25, -0.2) is 9.67 Å². The van der Waals surface area contributed by atoms with Crippen LogP contribution in [-0.2, 0) is 6.54 Å². The number of para-hydroxylation sites is 1. The molecule has 0 saturated carbocycles. The zero-order chi connectivity index (χ0) is 18.2. The molecule has 0 saturated heterocycles. The Morgan fingerprint density at radius 3 is 2.52 bits per heavy atom. The quantitative estimate of drug-likeness (QED) is 0.460. The number of rotatable bonds is 3. The van der Waals surface area contributed by atoms with Crippen molar-refractivity contribution in [1.82, 2.24) is 20.0 Å². The predicted molar refractivity (Wildman–Crippen MR) is 109 cm³/mol. The third-order valence-electron chi connectivity index (χ3n) is 4.82. The highest BCUT2D eigenvalue weighted by Gasteiger charge is 2.16. The predicted octanol–water partition coefficient (Wildman–Crippen LogP) is 5.00. The van der Waals surface area contributed by atoms with Crippen molar-refractivity contribution in [2.24, 2.45) is 0 Å². The van der Waals surface area contributed by atoms with Gasteiger partial charge in [0.1, 0.15) is 16.7 Å². The Labute approximate surface area is 157 Å². The molecule has 0 bridgehead atoms. The smallest absolute Gasteiger partial charge is 0.140 e. The standard InChI is InChI=1S/C23H18N4/c1-16-8-7-11-18(14-16)21-22-23(19-12-5-6-13-20(19)24-21)27(26-25-22)15-17-9-3-2-4-10-17/h2-14H,15H2,1H3. The molecule has 5 aromatic rings. The van der Waals surface area contributed by atoms with E-state index in [1.807, 2.05) is 41.1 Å². The molecule has 0 spiro atoms. The molecule has 0 aliphatic rings. The molecule has 4 nitrogen and oxygen atoms in total. The van der Waals surface area contributed by atoms with Crippen LogP contribution in [0.5, 0.6) is 0 Å². The van der Waals surface area contributed by atoms with Crippen LogP contribution in [0.25, 0.3) is 33.2 Å². The monoisotopic (exact) mass is 350 g/mol. The van der Waals surface area contributed by atoms with Gasteiger partial charge >= 0.3 is 0 Å². The summed E-state index contributed by atoms with van der Waals surface area (Å²) in [6.07, 6.45) is 0. The van der Waals surface area contributed by atoms with Gasteiger partial charge in [-0.1, -0.05) is 77.5 Å². The number of nitrogens with zero attached hydrogens (tertiary/aromatic N) is 4. The molecule has 0 aliphatic carbocycles. The lowest BCUT2D eigenvalue weighted by molar-refractivity contribution is 0.671. The van der Waals surface area contributed by atoms with Crippen LogP contribution in [0.1, 0.15) is 11.1 Å². The maximum absolute atomic E-state index is 4.92. The largest absolute Gasteiger partial charge is 0.245 e. The van der Waals surface area contributed by atoms with E-state index in [0.29, 0.717) is 6.54 Å². The molecular formula is C23H18N4. The number of aromatic nitrogens is 4. The van der Waals surface area contributed by atoms with E-state index in [1.54, 1.807) is 0 Å². The third-order valence-corrected chi connectivity index (χ3v) is 4.82. The van der Waals surface area contributed by atoms with Crippen molar-refractivity contribution in [3.05, 3.63) is 90.0 Å². The molecule has 0 radical (unpaired) electrons. The SMILES string of the molecule is Cc1cccc(-c2nc3ccccc3c3c2nnn3Cc2ccccc2)c1. The normalized spacial score (nSPS) is 11.3. The van der Waals surface area contributed by atoms with Crippen LogP contribution in [0.4, 0.5) is 0 Å². The van der Waals surface area contributed by atoms with Gasteiger partial charge in [0.25, 0.3) is 0 Å². The first-order chi connectivity index (χ1) is 13.3. The average Bonchev–Trinajstić information content (AvgIpc) is 3.12. The zero-order valence-corrected chi connectivity index (χ0v) is 15.0. The van der Waals surface area contributed by atoms with Crippen LogP contribution < -0.4 is 0 Å². The van der Waals surface area contributed by atoms with Gasteiger partial charge in [0, 0.05) is 10.9 Å². The van der Waals surface area contributed by atoms with E-state index in [1.165, 1.54) is 11.1 Å². The maximum atomic E-state index is 4.92. The third kappa shape index (κ3) is 2.75. The molecule has 27 heavy (non-hydrogen) atoms. The van der Waals surface area contributed by atoms with Crippen molar-refractivity contribution in [1.29, 1.82) is 0 Å². The minimum Gasteiger partial charge on any atom is -0.245 e. The van der Waals surface area contributed by atoms with E-state index >= 15 is 0 Å². The maximum Gasteiger partial charge on any atom is 0.140 e. The van der Waals surface area contributed by atoms with Gasteiger partial charge < -0.3 is 0 Å². The van der Waals surface area contributed by atoms with Gasteiger partial charge in [0.15, 0.2) is 0 Å². The minimum atomic E-state index is 0.679. The Kier molecular flexibility index (Phi) is 3.68. The van der Waals surface area contributed by atoms with E-state index in [-0.39, 0.29) is 0 Å². The van der Waals surface area contributed by atoms with Crippen molar-refractivity contribution in [2.45, 2.75) is 13.5 Å². The fraction of sp³-hybridized carbons (Fsp3) is 0.0870. The summed E-state index contributed by atoms with van der Waals surface area (Å²) in [7, 11) is 0. The Morgan fingerprint density at radius 2 is 1.67 bits per heavy atom. The highest BCUT2D eigenvalue weighted by atomic mass is 15.4. The molecule has 4 heteroatoms. The first kappa shape index (κ1) is 15.7. The van der Waals surface area contributed by atoms with Crippen LogP contribution in [0.2, 0.25) is 0 Å². The fourth-order valence-corrected chi connectivity index (χ4v) is 3.54. The van der Waals surface area contributed by atoms with Crippen molar-refractivity contribution in [3.8, 4) is 11.3 Å². The van der Waals surface area contributed by atoms with Gasteiger partial charge in [0.2, 0.25) is 0 Å². The van der Waals surface area contributed by atoms with Crippen molar-refractivity contribution in [2.75, 3.05) is 0 Å². The van der Waals surface area contributed by atoms with Gasteiger partial charge in [-0.15, -0.1) is 5.10 Å². The van der Waals surface area contributed by atoms with Gasteiger partial charge in [-0.2, -0.15) is 0 Å². The van der Waals surface area contributed by atoms with E-state index in [4.69, 9.17) is 4.98 Å². The van der Waals surface area contributed by atoms with Gasteiger partial charge in [-0.3, -0.25) is 0 Å². The molecule has 0 aliphatic heterocycles. The van der Waals surface area contributed by atoms with Crippen LogP contribution in [0.15, 0.2) is 78.9 Å². The molecule has 0 amide bonds. The molecular weight excluding hydrogens is 332 g/mol. The second-order valence-corrected chi connectivity index (χ2v) is 6.78. The number of hydrogen-bond donors (Lipinski definition) is 0. The van der Waals surface area contributed by atoms with Crippen molar-refractivity contribution < 1.29 is 0 Å². The lowest BCUT2D eigenvalue weighted by Crippen LogP contribution is -2.02. The van der Waals surface area contributed by atoms with E-state index in [2.05, 4.69) is 59.7 Å². The zero-order valence-electron chi connectivity index (χ0n) is 15.0. The van der Waals surface area contributed by atoms with E-state index in [0.717, 1.165) is 33.2 Å². The molecule has 0 unspecified atom stereocenters. The number of fused-ring (bicyclic) bond motifs is 3. The Morgan fingerprint density at radius 1 is 0.852 bits per heavy atom. The second-order valence-electron chi connectivity index (χ2n) is 6.78. The highest BCUT2D eigenvalue weighted by molar-refractivity contribution is 6.07. The van der Waals surface area contributed by atoms with E-state index in [9.17, 15) is 0 Å². The van der Waals surface area contributed by atoms with E-state index < -0.39 is 0 Å². The molecule has 0 atom stereocenters. The molecule has 0 N–H and O–H groups in total. The Balaban J connectivity index is 1.79. The Bertz CT molecular complexity index is 1260. The molecule has 5 rings (SSSR count). The molecule has 130 valence electrons. The lowest BCUT2D eigenvalue weighted by atomic mass is 10.0. The van der Waals surface area contributed by atoms with Gasteiger partial charge in [-0.05, 0) is 24.6 Å². The molecule has 3 aromatic carbocycles. The first-order valence-corrected chi connectivity index (χ1v) is 9.02. The number of benzene rings is 3.